The molecule has 0 aromatic heterocycles. The maximum atomic E-state index is 5.79. The van der Waals surface area contributed by atoms with Gasteiger partial charge < -0.3 is 14.8 Å². The number of ether oxygens (including phenoxy) is 2. The van der Waals surface area contributed by atoms with Crippen LogP contribution in [0.2, 0.25) is 0 Å². The zero-order chi connectivity index (χ0) is 15.1. The van der Waals surface area contributed by atoms with Crippen molar-refractivity contribution in [3.05, 3.63) is 52.5 Å². The summed E-state index contributed by atoms with van der Waals surface area (Å²) in [7, 11) is 1.67. The molecule has 0 fully saturated rings. The highest BCUT2D eigenvalue weighted by molar-refractivity contribution is 9.10. The number of anilines is 1. The summed E-state index contributed by atoms with van der Waals surface area (Å²) >= 11 is 3.51. The third kappa shape index (κ3) is 4.39. The number of para-hydroxylation sites is 1. The fraction of sp³-hybridized carbons (Fsp3) is 0.294. The highest BCUT2D eigenvalue weighted by atomic mass is 79.9. The number of hydrogen-bond donors (Lipinski definition) is 1. The molecule has 0 heterocycles. The van der Waals surface area contributed by atoms with Crippen molar-refractivity contribution in [3.8, 4) is 11.5 Å². The number of hydrogen-bond acceptors (Lipinski definition) is 3. The monoisotopic (exact) mass is 349 g/mol. The maximum Gasteiger partial charge on any atom is 0.161 e. The molecule has 0 bridgehead atoms. The van der Waals surface area contributed by atoms with Crippen LogP contribution < -0.4 is 14.8 Å². The Hall–Kier alpha value is -1.68. The first-order valence-electron chi connectivity index (χ1n) is 7.02. The van der Waals surface area contributed by atoms with Gasteiger partial charge in [0.2, 0.25) is 0 Å². The molecule has 0 unspecified atom stereocenters. The molecule has 0 radical (unpaired) electrons. The quantitative estimate of drug-likeness (QED) is 0.746. The van der Waals surface area contributed by atoms with E-state index in [-0.39, 0.29) is 0 Å². The van der Waals surface area contributed by atoms with Crippen LogP contribution in [0.1, 0.15) is 12.5 Å². The van der Waals surface area contributed by atoms with Crippen LogP contribution in [-0.4, -0.2) is 20.3 Å². The molecule has 0 saturated heterocycles. The molecular formula is C17H20BrNO2. The minimum atomic E-state index is 0.573. The summed E-state index contributed by atoms with van der Waals surface area (Å²) in [6, 6.07) is 14.1. The number of nitrogens with one attached hydrogen (secondary N) is 1. The van der Waals surface area contributed by atoms with Gasteiger partial charge in [0.05, 0.1) is 7.11 Å². The minimum absolute atomic E-state index is 0.573. The number of rotatable bonds is 7. The highest BCUT2D eigenvalue weighted by Gasteiger charge is 2.05. The van der Waals surface area contributed by atoms with Gasteiger partial charge in [-0.25, -0.2) is 0 Å². The lowest BCUT2D eigenvalue weighted by molar-refractivity contribution is 0.305. The SMILES string of the molecule is CCc1ccc(OCCNc2ccccc2Br)c(OC)c1. The fourth-order valence-corrected chi connectivity index (χ4v) is 2.43. The molecule has 2 aromatic carbocycles. The van der Waals surface area contributed by atoms with Gasteiger partial charge in [0.25, 0.3) is 0 Å². The van der Waals surface area contributed by atoms with Crippen molar-refractivity contribution < 1.29 is 9.47 Å². The Kier molecular flexibility index (Phi) is 5.93. The Labute approximate surface area is 134 Å². The molecule has 0 aliphatic carbocycles. The normalized spacial score (nSPS) is 10.2. The summed E-state index contributed by atoms with van der Waals surface area (Å²) in [5, 5.41) is 3.33. The van der Waals surface area contributed by atoms with E-state index in [2.05, 4.69) is 34.2 Å². The first-order valence-corrected chi connectivity index (χ1v) is 7.82. The van der Waals surface area contributed by atoms with Crippen molar-refractivity contribution in [1.82, 2.24) is 0 Å². The first kappa shape index (κ1) is 15.7. The standard InChI is InChI=1S/C17H20BrNO2/c1-3-13-8-9-16(17(12-13)20-2)21-11-10-19-15-7-5-4-6-14(15)18/h4-9,12,19H,3,10-11H2,1-2H3. The average Bonchev–Trinajstić information content (AvgIpc) is 2.53. The molecule has 0 aliphatic heterocycles. The molecule has 1 N–H and O–H groups in total. The van der Waals surface area contributed by atoms with E-state index in [0.29, 0.717) is 6.61 Å². The summed E-state index contributed by atoms with van der Waals surface area (Å²) in [6.45, 7) is 3.42. The lowest BCUT2D eigenvalue weighted by Gasteiger charge is -2.13. The molecule has 2 rings (SSSR count). The van der Waals surface area contributed by atoms with Crippen molar-refractivity contribution >= 4 is 21.6 Å². The second-order valence-electron chi connectivity index (χ2n) is 4.59. The predicted molar refractivity (Wildman–Crippen MR) is 90.5 cm³/mol. The van der Waals surface area contributed by atoms with Crippen molar-refractivity contribution in [3.63, 3.8) is 0 Å². The van der Waals surface area contributed by atoms with Gasteiger partial charge in [-0.05, 0) is 52.2 Å². The van der Waals surface area contributed by atoms with Gasteiger partial charge in [-0.1, -0.05) is 25.1 Å². The molecular weight excluding hydrogens is 330 g/mol. The van der Waals surface area contributed by atoms with Crippen molar-refractivity contribution in [2.45, 2.75) is 13.3 Å². The summed E-state index contributed by atoms with van der Waals surface area (Å²) in [5.41, 5.74) is 2.31. The van der Waals surface area contributed by atoms with Crippen molar-refractivity contribution in [2.24, 2.45) is 0 Å². The molecule has 0 atom stereocenters. The van der Waals surface area contributed by atoms with Crippen LogP contribution in [0.5, 0.6) is 11.5 Å². The van der Waals surface area contributed by atoms with Crippen LogP contribution in [-0.2, 0) is 6.42 Å². The van der Waals surface area contributed by atoms with E-state index < -0.39 is 0 Å². The maximum absolute atomic E-state index is 5.79. The molecule has 3 nitrogen and oxygen atoms in total. The second-order valence-corrected chi connectivity index (χ2v) is 5.45. The van der Waals surface area contributed by atoms with E-state index in [0.717, 1.165) is 34.6 Å². The largest absolute Gasteiger partial charge is 0.493 e. The lowest BCUT2D eigenvalue weighted by Crippen LogP contribution is -2.12. The third-order valence-corrected chi connectivity index (χ3v) is 3.88. The Balaban J connectivity index is 1.87. The lowest BCUT2D eigenvalue weighted by atomic mass is 10.1. The van der Waals surface area contributed by atoms with Crippen LogP contribution in [0.3, 0.4) is 0 Å². The van der Waals surface area contributed by atoms with Crippen molar-refractivity contribution in [1.29, 1.82) is 0 Å². The van der Waals surface area contributed by atoms with Gasteiger partial charge in [0.1, 0.15) is 6.61 Å². The summed E-state index contributed by atoms with van der Waals surface area (Å²) in [6.07, 6.45) is 0.986. The van der Waals surface area contributed by atoms with Gasteiger partial charge in [0.15, 0.2) is 11.5 Å². The van der Waals surface area contributed by atoms with Crippen LogP contribution in [0.25, 0.3) is 0 Å². The van der Waals surface area contributed by atoms with Gasteiger partial charge in [-0.2, -0.15) is 0 Å². The number of benzene rings is 2. The number of aryl methyl sites for hydroxylation is 1. The molecule has 112 valence electrons. The topological polar surface area (TPSA) is 30.5 Å². The molecule has 0 spiro atoms. The zero-order valence-corrected chi connectivity index (χ0v) is 13.9. The van der Waals surface area contributed by atoms with Crippen LogP contribution in [0.15, 0.2) is 46.9 Å². The smallest absolute Gasteiger partial charge is 0.161 e. The van der Waals surface area contributed by atoms with E-state index in [9.17, 15) is 0 Å². The van der Waals surface area contributed by atoms with E-state index in [4.69, 9.17) is 9.47 Å². The van der Waals surface area contributed by atoms with E-state index >= 15 is 0 Å². The summed E-state index contributed by atoms with van der Waals surface area (Å²) in [4.78, 5) is 0. The average molecular weight is 350 g/mol. The zero-order valence-electron chi connectivity index (χ0n) is 12.4. The van der Waals surface area contributed by atoms with Gasteiger partial charge in [-0.3, -0.25) is 0 Å². The molecule has 0 saturated carbocycles. The Bertz CT molecular complexity index is 587. The van der Waals surface area contributed by atoms with Gasteiger partial charge in [-0.15, -0.1) is 0 Å². The first-order chi connectivity index (χ1) is 10.2. The van der Waals surface area contributed by atoms with Crippen LogP contribution >= 0.6 is 15.9 Å². The Morgan fingerprint density at radius 3 is 2.62 bits per heavy atom. The van der Waals surface area contributed by atoms with Crippen LogP contribution in [0, 0.1) is 0 Å². The summed E-state index contributed by atoms with van der Waals surface area (Å²) in [5.74, 6) is 1.57. The Morgan fingerprint density at radius 1 is 1.10 bits per heavy atom. The second kappa shape index (κ2) is 7.93. The van der Waals surface area contributed by atoms with E-state index in [1.54, 1.807) is 7.11 Å². The summed E-state index contributed by atoms with van der Waals surface area (Å²) < 4.78 is 12.2. The van der Waals surface area contributed by atoms with E-state index in [1.807, 2.05) is 36.4 Å². The van der Waals surface area contributed by atoms with E-state index in [1.165, 1.54) is 5.56 Å². The minimum Gasteiger partial charge on any atom is -0.493 e. The fourth-order valence-electron chi connectivity index (χ4n) is 2.00. The molecule has 4 heteroatoms. The van der Waals surface area contributed by atoms with Gasteiger partial charge in [0, 0.05) is 16.7 Å². The number of halogens is 1. The van der Waals surface area contributed by atoms with Crippen LogP contribution in [0.4, 0.5) is 5.69 Å². The molecule has 21 heavy (non-hydrogen) atoms. The van der Waals surface area contributed by atoms with Gasteiger partial charge >= 0.3 is 0 Å². The molecule has 0 aliphatic rings. The molecule has 2 aromatic rings. The predicted octanol–water partition coefficient (Wildman–Crippen LogP) is 4.51. The highest BCUT2D eigenvalue weighted by Crippen LogP contribution is 2.28. The third-order valence-electron chi connectivity index (χ3n) is 3.19. The molecule has 0 amide bonds. The van der Waals surface area contributed by atoms with Crippen molar-refractivity contribution in [2.75, 3.05) is 25.6 Å². The Morgan fingerprint density at radius 2 is 1.90 bits per heavy atom. The number of methoxy groups -OCH3 is 1.